The van der Waals surface area contributed by atoms with Crippen LogP contribution in [-0.2, 0) is 4.79 Å². The molecule has 0 bridgehead atoms. The van der Waals surface area contributed by atoms with E-state index in [2.05, 4.69) is 13.8 Å². The van der Waals surface area contributed by atoms with Crippen molar-refractivity contribution in [3.05, 3.63) is 0 Å². The average molecular weight is 254 g/mol. The summed E-state index contributed by atoms with van der Waals surface area (Å²) in [6, 6.07) is 0. The van der Waals surface area contributed by atoms with E-state index in [0.29, 0.717) is 0 Å². The molecule has 0 aromatic rings. The third-order valence-corrected chi connectivity index (χ3v) is 3.83. The van der Waals surface area contributed by atoms with Gasteiger partial charge >= 0.3 is 0 Å². The summed E-state index contributed by atoms with van der Waals surface area (Å²) < 4.78 is 0. The van der Waals surface area contributed by atoms with Crippen LogP contribution in [0.15, 0.2) is 0 Å². The van der Waals surface area contributed by atoms with Gasteiger partial charge in [-0.1, -0.05) is 84.5 Å². The Morgan fingerprint density at radius 2 is 1.28 bits per heavy atom. The maximum atomic E-state index is 10.3. The Labute approximate surface area is 115 Å². The predicted molar refractivity (Wildman–Crippen MR) is 80.9 cm³/mol. The molecule has 0 unspecified atom stereocenters. The zero-order chi connectivity index (χ0) is 13.5. The van der Waals surface area contributed by atoms with Crippen molar-refractivity contribution in [2.75, 3.05) is 0 Å². The molecule has 0 spiro atoms. The number of carbonyl (C=O) groups is 1. The van der Waals surface area contributed by atoms with Crippen molar-refractivity contribution < 1.29 is 4.79 Å². The molecule has 0 aromatic carbocycles. The first-order valence-corrected chi connectivity index (χ1v) is 8.24. The highest BCUT2D eigenvalue weighted by Crippen LogP contribution is 2.16. The van der Waals surface area contributed by atoms with Gasteiger partial charge in [0.1, 0.15) is 6.29 Å². The molecule has 0 fully saturated rings. The van der Waals surface area contributed by atoms with E-state index in [1.807, 2.05) is 0 Å². The molecular weight excluding hydrogens is 220 g/mol. The molecular formula is C17H34O. The van der Waals surface area contributed by atoms with Gasteiger partial charge in [0, 0.05) is 6.42 Å². The molecule has 18 heavy (non-hydrogen) atoms. The second-order valence-electron chi connectivity index (χ2n) is 5.82. The number of hydrogen-bond donors (Lipinski definition) is 0. The molecule has 0 aliphatic rings. The van der Waals surface area contributed by atoms with E-state index in [1.165, 1.54) is 70.6 Å². The molecule has 0 aliphatic heterocycles. The summed E-state index contributed by atoms with van der Waals surface area (Å²) in [4.78, 5) is 10.3. The fourth-order valence-electron chi connectivity index (χ4n) is 2.48. The lowest BCUT2D eigenvalue weighted by Crippen LogP contribution is -1.95. The smallest absolute Gasteiger partial charge is 0.120 e. The molecule has 1 heteroatoms. The molecule has 0 radical (unpaired) electrons. The Morgan fingerprint density at radius 1 is 0.778 bits per heavy atom. The zero-order valence-corrected chi connectivity index (χ0v) is 12.8. The van der Waals surface area contributed by atoms with Gasteiger partial charge in [-0.2, -0.15) is 0 Å². The van der Waals surface area contributed by atoms with Crippen LogP contribution in [-0.4, -0.2) is 6.29 Å². The molecule has 0 amide bonds. The molecule has 0 saturated carbocycles. The maximum Gasteiger partial charge on any atom is 0.120 e. The molecule has 0 heterocycles. The van der Waals surface area contributed by atoms with Crippen molar-refractivity contribution in [2.24, 2.45) is 5.92 Å². The molecule has 1 nitrogen and oxygen atoms in total. The number of rotatable bonds is 14. The summed E-state index contributed by atoms with van der Waals surface area (Å²) in [5.74, 6) is 0.740. The Kier molecular flexibility index (Phi) is 14.5. The lowest BCUT2D eigenvalue weighted by Gasteiger charge is -2.08. The van der Waals surface area contributed by atoms with Crippen LogP contribution in [0.2, 0.25) is 0 Å². The summed E-state index contributed by atoms with van der Waals surface area (Å²) in [7, 11) is 0. The van der Waals surface area contributed by atoms with E-state index < -0.39 is 0 Å². The predicted octanol–water partition coefficient (Wildman–Crippen LogP) is 5.91. The number of unbranched alkanes of at least 4 members (excludes halogenated alkanes) is 9. The minimum absolute atomic E-state index is 0.740. The van der Waals surface area contributed by atoms with E-state index in [9.17, 15) is 4.79 Å². The Bertz CT molecular complexity index is 165. The summed E-state index contributed by atoms with van der Waals surface area (Å²) >= 11 is 0. The molecule has 1 atom stereocenters. The molecule has 0 rings (SSSR count). The summed E-state index contributed by atoms with van der Waals surface area (Å²) in [5.41, 5.74) is 0. The number of aldehydes is 1. The minimum atomic E-state index is 0.740. The minimum Gasteiger partial charge on any atom is -0.303 e. The third-order valence-electron chi connectivity index (χ3n) is 3.83. The van der Waals surface area contributed by atoms with Crippen LogP contribution < -0.4 is 0 Å². The first kappa shape index (κ1) is 17.7. The van der Waals surface area contributed by atoms with Crippen molar-refractivity contribution in [1.82, 2.24) is 0 Å². The first-order valence-electron chi connectivity index (χ1n) is 8.24. The van der Waals surface area contributed by atoms with E-state index in [1.54, 1.807) is 0 Å². The fraction of sp³-hybridized carbons (Fsp3) is 0.941. The van der Waals surface area contributed by atoms with Crippen LogP contribution in [0, 0.1) is 5.92 Å². The summed E-state index contributed by atoms with van der Waals surface area (Å²) in [6.07, 6.45) is 18.3. The topological polar surface area (TPSA) is 17.1 Å². The highest BCUT2D eigenvalue weighted by atomic mass is 16.1. The summed E-state index contributed by atoms with van der Waals surface area (Å²) in [6.45, 7) is 4.55. The normalized spacial score (nSPS) is 12.6. The van der Waals surface area contributed by atoms with Crippen LogP contribution in [0.1, 0.15) is 97.3 Å². The standard InChI is InChI=1S/C17H34O/c1-3-4-5-6-7-8-9-10-11-12-14-17(2)15-13-16-18/h16-17H,3-15H2,1-2H3/t17-/m1/s1. The van der Waals surface area contributed by atoms with Crippen LogP contribution in [0.25, 0.3) is 0 Å². The van der Waals surface area contributed by atoms with Gasteiger partial charge in [-0.25, -0.2) is 0 Å². The maximum absolute atomic E-state index is 10.3. The largest absolute Gasteiger partial charge is 0.303 e. The lowest BCUT2D eigenvalue weighted by molar-refractivity contribution is -0.108. The Morgan fingerprint density at radius 3 is 1.78 bits per heavy atom. The molecule has 0 aliphatic carbocycles. The summed E-state index contributed by atoms with van der Waals surface area (Å²) in [5, 5.41) is 0. The molecule has 0 saturated heterocycles. The number of carbonyl (C=O) groups excluding carboxylic acids is 1. The molecule has 108 valence electrons. The van der Waals surface area contributed by atoms with Crippen LogP contribution in [0.4, 0.5) is 0 Å². The van der Waals surface area contributed by atoms with Crippen molar-refractivity contribution in [3.63, 3.8) is 0 Å². The highest BCUT2D eigenvalue weighted by molar-refractivity contribution is 5.49. The second kappa shape index (κ2) is 14.7. The van der Waals surface area contributed by atoms with Gasteiger partial charge < -0.3 is 4.79 Å². The van der Waals surface area contributed by atoms with Crippen LogP contribution >= 0.6 is 0 Å². The fourth-order valence-corrected chi connectivity index (χ4v) is 2.48. The van der Waals surface area contributed by atoms with E-state index in [-0.39, 0.29) is 0 Å². The lowest BCUT2D eigenvalue weighted by atomic mass is 9.97. The highest BCUT2D eigenvalue weighted by Gasteiger charge is 2.01. The first-order chi connectivity index (χ1) is 8.81. The van der Waals surface area contributed by atoms with Crippen LogP contribution in [0.3, 0.4) is 0 Å². The van der Waals surface area contributed by atoms with Gasteiger partial charge in [-0.15, -0.1) is 0 Å². The molecule has 0 N–H and O–H groups in total. The quantitative estimate of drug-likeness (QED) is 0.278. The average Bonchev–Trinajstić information content (AvgIpc) is 2.38. The van der Waals surface area contributed by atoms with E-state index in [4.69, 9.17) is 0 Å². The number of hydrogen-bond acceptors (Lipinski definition) is 1. The van der Waals surface area contributed by atoms with Crippen molar-refractivity contribution in [2.45, 2.75) is 97.3 Å². The van der Waals surface area contributed by atoms with Gasteiger partial charge in [0.05, 0.1) is 0 Å². The van der Waals surface area contributed by atoms with E-state index >= 15 is 0 Å². The Hall–Kier alpha value is -0.330. The van der Waals surface area contributed by atoms with Crippen molar-refractivity contribution >= 4 is 6.29 Å². The van der Waals surface area contributed by atoms with Gasteiger partial charge in [-0.05, 0) is 12.3 Å². The monoisotopic (exact) mass is 254 g/mol. The van der Waals surface area contributed by atoms with Gasteiger partial charge in [0.15, 0.2) is 0 Å². The Balaban J connectivity index is 3.04. The van der Waals surface area contributed by atoms with E-state index in [0.717, 1.165) is 25.0 Å². The SMILES string of the molecule is CCCCCCCCCCCC[C@@H](C)CCC=O. The van der Waals surface area contributed by atoms with Crippen molar-refractivity contribution in [3.8, 4) is 0 Å². The van der Waals surface area contributed by atoms with Gasteiger partial charge in [0.2, 0.25) is 0 Å². The van der Waals surface area contributed by atoms with Crippen molar-refractivity contribution in [1.29, 1.82) is 0 Å². The van der Waals surface area contributed by atoms with Crippen LogP contribution in [0.5, 0.6) is 0 Å². The van der Waals surface area contributed by atoms with Gasteiger partial charge in [-0.3, -0.25) is 0 Å². The molecule has 0 aromatic heterocycles. The zero-order valence-electron chi connectivity index (χ0n) is 12.8. The third kappa shape index (κ3) is 13.7. The second-order valence-corrected chi connectivity index (χ2v) is 5.82. The van der Waals surface area contributed by atoms with Gasteiger partial charge in [0.25, 0.3) is 0 Å².